The highest BCUT2D eigenvalue weighted by Gasteiger charge is 2.24. The zero-order valence-electron chi connectivity index (χ0n) is 11.9. The fourth-order valence-electron chi connectivity index (χ4n) is 1.53. The van der Waals surface area contributed by atoms with Crippen LogP contribution in [0, 0.1) is 6.92 Å². The predicted molar refractivity (Wildman–Crippen MR) is 73.4 cm³/mol. The topological polar surface area (TPSA) is 109 Å². The maximum absolute atomic E-state index is 13.3. The molecule has 0 aliphatic rings. The number of carbonyl (C=O) groups excluding carboxylic acids is 1. The molecule has 0 radical (unpaired) electrons. The number of esters is 1. The summed E-state index contributed by atoms with van der Waals surface area (Å²) in [6.07, 6.45) is 0. The van der Waals surface area contributed by atoms with Crippen molar-refractivity contribution in [1.82, 2.24) is 0 Å². The molecule has 1 aromatic rings. The summed E-state index contributed by atoms with van der Waals surface area (Å²) in [4.78, 5) is 13.7. The van der Waals surface area contributed by atoms with Gasteiger partial charge in [-0.25, -0.2) is 4.79 Å². The molecule has 0 saturated heterocycles. The average Bonchev–Trinajstić information content (AvgIpc) is 2.28. The maximum Gasteiger partial charge on any atom is 0.338 e. The van der Waals surface area contributed by atoms with Crippen LogP contribution < -0.4 is 0 Å². The summed E-state index contributed by atoms with van der Waals surface area (Å²) in [5, 5.41) is 3.26. The van der Waals surface area contributed by atoms with E-state index in [0.717, 1.165) is 12.1 Å². The van der Waals surface area contributed by atoms with Crippen LogP contribution in [0.4, 0.5) is 9.57 Å². The van der Waals surface area contributed by atoms with Gasteiger partial charge in [-0.3, -0.25) is 0 Å². The van der Waals surface area contributed by atoms with Crippen LogP contribution in [0.5, 0.6) is 0 Å². The van der Waals surface area contributed by atoms with E-state index in [2.05, 4.69) is 10.0 Å². The highest BCUT2D eigenvalue weighted by Crippen LogP contribution is 2.30. The van der Waals surface area contributed by atoms with Gasteiger partial charge >= 0.3 is 16.2 Å². The summed E-state index contributed by atoms with van der Waals surface area (Å²) in [6.45, 7) is 6.15. The van der Waals surface area contributed by atoms with Gasteiger partial charge < -0.3 is 4.74 Å². The van der Waals surface area contributed by atoms with Crippen LogP contribution in [-0.2, 0) is 15.0 Å². The molecule has 0 spiro atoms. The molecule has 0 amide bonds. The lowest BCUT2D eigenvalue weighted by Crippen LogP contribution is -2.24. The van der Waals surface area contributed by atoms with Crippen molar-refractivity contribution in [2.45, 2.75) is 38.2 Å². The first-order valence-electron chi connectivity index (χ1n) is 5.83. The first-order chi connectivity index (χ1) is 9.45. The van der Waals surface area contributed by atoms with Crippen molar-refractivity contribution in [3.05, 3.63) is 33.7 Å². The van der Waals surface area contributed by atoms with Crippen LogP contribution >= 0.6 is 0 Å². The summed E-state index contributed by atoms with van der Waals surface area (Å²) < 4.78 is 40.6. The van der Waals surface area contributed by atoms with Crippen molar-refractivity contribution < 1.29 is 21.8 Å². The lowest BCUT2D eigenvalue weighted by atomic mass is 10.1. The number of halogens is 1. The van der Waals surface area contributed by atoms with E-state index in [9.17, 15) is 17.1 Å². The molecule has 0 atom stereocenters. The number of benzene rings is 1. The summed E-state index contributed by atoms with van der Waals surface area (Å²) in [5.41, 5.74) is 7.19. The third kappa shape index (κ3) is 4.44. The van der Waals surface area contributed by atoms with Gasteiger partial charge in [0.2, 0.25) is 0 Å². The van der Waals surface area contributed by atoms with E-state index in [1.54, 1.807) is 20.8 Å². The van der Waals surface area contributed by atoms with Gasteiger partial charge in [0.1, 0.15) is 10.5 Å². The van der Waals surface area contributed by atoms with Gasteiger partial charge in [-0.15, -0.1) is 3.89 Å². The van der Waals surface area contributed by atoms with E-state index >= 15 is 0 Å². The van der Waals surface area contributed by atoms with Gasteiger partial charge in [-0.2, -0.15) is 8.42 Å². The monoisotopic (exact) mass is 315 g/mol. The molecular weight excluding hydrogens is 301 g/mol. The molecule has 1 aromatic carbocycles. The number of carbonyl (C=O) groups is 1. The molecular formula is C12H14FN3O4S. The average molecular weight is 315 g/mol. The van der Waals surface area contributed by atoms with Crippen molar-refractivity contribution in [3.63, 3.8) is 0 Å². The zero-order valence-corrected chi connectivity index (χ0v) is 12.7. The Balaban J connectivity index is 3.52. The Morgan fingerprint density at radius 1 is 1.38 bits per heavy atom. The molecule has 0 saturated carbocycles. The first kappa shape index (κ1) is 16.9. The lowest BCUT2D eigenvalue weighted by molar-refractivity contribution is 0.00693. The molecule has 9 heteroatoms. The Morgan fingerprint density at radius 3 is 2.38 bits per heavy atom. The number of nitrogens with zero attached hydrogens (tertiary/aromatic N) is 3. The molecule has 0 aromatic heterocycles. The Labute approximate surface area is 121 Å². The fraction of sp³-hybridized carbons (Fsp3) is 0.417. The molecule has 114 valence electrons. The quantitative estimate of drug-likeness (QED) is 0.279. The van der Waals surface area contributed by atoms with Crippen molar-refractivity contribution in [2.75, 3.05) is 0 Å². The van der Waals surface area contributed by atoms with Gasteiger partial charge in [-0.1, -0.05) is 5.11 Å². The van der Waals surface area contributed by atoms with Crippen molar-refractivity contribution in [1.29, 1.82) is 0 Å². The number of ether oxygens (including phenoxy) is 1. The van der Waals surface area contributed by atoms with Gasteiger partial charge in [0.05, 0.1) is 5.56 Å². The smallest absolute Gasteiger partial charge is 0.338 e. The minimum atomic E-state index is -5.07. The molecule has 0 bridgehead atoms. The lowest BCUT2D eigenvalue weighted by Gasteiger charge is -2.20. The molecule has 7 nitrogen and oxygen atoms in total. The first-order valence-corrected chi connectivity index (χ1v) is 7.22. The summed E-state index contributed by atoms with van der Waals surface area (Å²) in [6, 6.07) is 2.01. The van der Waals surface area contributed by atoms with Crippen LogP contribution in [0.3, 0.4) is 0 Å². The second-order valence-corrected chi connectivity index (χ2v) is 6.56. The van der Waals surface area contributed by atoms with Crippen LogP contribution in [-0.4, -0.2) is 20.0 Å². The summed E-state index contributed by atoms with van der Waals surface area (Å²) in [7, 11) is -5.07. The van der Waals surface area contributed by atoms with Crippen LogP contribution in [0.1, 0.15) is 36.7 Å². The van der Waals surface area contributed by atoms with Gasteiger partial charge in [0.25, 0.3) is 0 Å². The van der Waals surface area contributed by atoms with Crippen LogP contribution in [0.15, 0.2) is 22.1 Å². The van der Waals surface area contributed by atoms with E-state index in [4.69, 9.17) is 10.3 Å². The van der Waals surface area contributed by atoms with Crippen LogP contribution in [0.2, 0.25) is 0 Å². The van der Waals surface area contributed by atoms with Crippen molar-refractivity contribution in [3.8, 4) is 0 Å². The Kier molecular flexibility index (Phi) is 4.60. The number of hydrogen-bond donors (Lipinski definition) is 0. The Bertz CT molecular complexity index is 732. The minimum Gasteiger partial charge on any atom is -0.456 e. The van der Waals surface area contributed by atoms with Crippen molar-refractivity contribution in [2.24, 2.45) is 5.11 Å². The minimum absolute atomic E-state index is 0.0809. The molecule has 0 heterocycles. The normalized spacial score (nSPS) is 11.7. The second kappa shape index (κ2) is 5.71. The fourth-order valence-corrected chi connectivity index (χ4v) is 2.27. The highest BCUT2D eigenvalue weighted by atomic mass is 32.3. The highest BCUT2D eigenvalue weighted by molar-refractivity contribution is 7.86. The van der Waals surface area contributed by atoms with Crippen molar-refractivity contribution >= 4 is 21.9 Å². The Morgan fingerprint density at radius 2 is 1.95 bits per heavy atom. The molecule has 1 rings (SSSR count). The number of azide groups is 1. The molecule has 0 N–H and O–H groups in total. The summed E-state index contributed by atoms with van der Waals surface area (Å²) in [5.74, 6) is -0.846. The predicted octanol–water partition coefficient (Wildman–Crippen LogP) is 3.55. The molecule has 0 aliphatic carbocycles. The van der Waals surface area contributed by atoms with Crippen LogP contribution in [0.25, 0.3) is 10.4 Å². The zero-order chi connectivity index (χ0) is 16.4. The van der Waals surface area contributed by atoms with Gasteiger partial charge in [0, 0.05) is 10.6 Å². The van der Waals surface area contributed by atoms with E-state index < -0.39 is 26.7 Å². The Hall–Kier alpha value is -2.12. The standard InChI is InChI=1S/C12H14FN3O4S/c1-7-9(15-16-14)5-8(6-10(7)21(13,18)19)11(17)20-12(2,3)4/h5-6H,1-4H3. The third-order valence-corrected chi connectivity index (χ3v) is 3.33. The van der Waals surface area contributed by atoms with Gasteiger partial charge in [0.15, 0.2) is 0 Å². The molecule has 21 heavy (non-hydrogen) atoms. The largest absolute Gasteiger partial charge is 0.456 e. The van der Waals surface area contributed by atoms with E-state index in [-0.39, 0.29) is 16.8 Å². The van der Waals surface area contributed by atoms with E-state index in [1.807, 2.05) is 0 Å². The third-order valence-electron chi connectivity index (χ3n) is 2.38. The van der Waals surface area contributed by atoms with Gasteiger partial charge in [-0.05, 0) is 50.9 Å². The second-order valence-electron chi connectivity index (χ2n) is 5.25. The molecule has 0 unspecified atom stereocenters. The SMILES string of the molecule is Cc1c(N=[N+]=[N-])cc(C(=O)OC(C)(C)C)cc1S(=O)(=O)F. The maximum atomic E-state index is 13.3. The number of rotatable bonds is 3. The summed E-state index contributed by atoms with van der Waals surface area (Å²) >= 11 is 0. The van der Waals surface area contributed by atoms with E-state index in [0.29, 0.717) is 0 Å². The van der Waals surface area contributed by atoms with E-state index in [1.165, 1.54) is 6.92 Å². The molecule has 0 aliphatic heterocycles. The molecule has 0 fully saturated rings. The number of hydrogen-bond acceptors (Lipinski definition) is 5.